The number of benzene rings is 2. The van der Waals surface area contributed by atoms with E-state index in [0.29, 0.717) is 17.5 Å². The minimum Gasteiger partial charge on any atom is -0.461 e. The van der Waals surface area contributed by atoms with Crippen molar-refractivity contribution in [1.29, 1.82) is 0 Å². The number of H-pyrrole nitrogens is 1. The molecule has 2 saturated heterocycles. The standard InChI is InChI=1S/C25H22F3N3O5/c26-25(27,28)19-5-2-1-4-17(19)21-10-14-7-8-15(11-18(14)22(32)30-21)31-12-16(36-24(31)34)13-35-23(33)20-6-3-9-29-20/h1-2,4-5,7-8,10-11,16,20,29H,3,6,9,12-13H2,(H,30,32)/t16-,20+/m1/s1. The van der Waals surface area contributed by atoms with Gasteiger partial charge in [-0.1, -0.05) is 24.3 Å². The number of aromatic nitrogens is 1. The predicted molar refractivity (Wildman–Crippen MR) is 125 cm³/mol. The number of fused-ring (bicyclic) bond motifs is 1. The molecular weight excluding hydrogens is 479 g/mol. The Balaban J connectivity index is 1.36. The molecule has 0 unspecified atom stereocenters. The Morgan fingerprint density at radius 3 is 2.69 bits per heavy atom. The van der Waals surface area contributed by atoms with Crippen LogP contribution in [0.15, 0.2) is 53.3 Å². The average molecular weight is 501 g/mol. The van der Waals surface area contributed by atoms with Crippen LogP contribution in [0.25, 0.3) is 22.0 Å². The Bertz CT molecular complexity index is 1380. The van der Waals surface area contributed by atoms with Gasteiger partial charge in [0.2, 0.25) is 0 Å². The van der Waals surface area contributed by atoms with Crippen molar-refractivity contribution < 1.29 is 32.2 Å². The first-order valence-electron chi connectivity index (χ1n) is 11.4. The highest BCUT2D eigenvalue weighted by Crippen LogP contribution is 2.36. The lowest BCUT2D eigenvalue weighted by Crippen LogP contribution is -2.35. The number of aromatic amines is 1. The molecule has 36 heavy (non-hydrogen) atoms. The Morgan fingerprint density at radius 2 is 1.94 bits per heavy atom. The Morgan fingerprint density at radius 1 is 1.14 bits per heavy atom. The first kappa shape index (κ1) is 23.9. The predicted octanol–water partition coefficient (Wildman–Crippen LogP) is 3.83. The van der Waals surface area contributed by atoms with E-state index in [1.54, 1.807) is 12.1 Å². The van der Waals surface area contributed by atoms with Crippen molar-refractivity contribution in [3.05, 3.63) is 64.4 Å². The van der Waals surface area contributed by atoms with Gasteiger partial charge in [-0.05, 0) is 49.0 Å². The largest absolute Gasteiger partial charge is 0.461 e. The van der Waals surface area contributed by atoms with E-state index in [1.807, 2.05) is 0 Å². The lowest BCUT2D eigenvalue weighted by Gasteiger charge is -2.15. The van der Waals surface area contributed by atoms with Crippen molar-refractivity contribution in [2.24, 2.45) is 0 Å². The smallest absolute Gasteiger partial charge is 0.417 e. The van der Waals surface area contributed by atoms with Gasteiger partial charge in [0.1, 0.15) is 12.6 Å². The highest BCUT2D eigenvalue weighted by atomic mass is 19.4. The number of hydrogen-bond acceptors (Lipinski definition) is 6. The summed E-state index contributed by atoms with van der Waals surface area (Å²) in [6.07, 6.45) is -4.31. The number of nitrogens with one attached hydrogen (secondary N) is 2. The summed E-state index contributed by atoms with van der Waals surface area (Å²) in [5, 5.41) is 3.66. The van der Waals surface area contributed by atoms with Crippen molar-refractivity contribution in [2.45, 2.75) is 31.2 Å². The van der Waals surface area contributed by atoms with Gasteiger partial charge in [-0.3, -0.25) is 14.5 Å². The fourth-order valence-corrected chi connectivity index (χ4v) is 4.51. The molecule has 2 aliphatic heterocycles. The van der Waals surface area contributed by atoms with E-state index >= 15 is 0 Å². The zero-order valence-electron chi connectivity index (χ0n) is 18.9. The summed E-state index contributed by atoms with van der Waals surface area (Å²) in [6, 6.07) is 10.7. The molecule has 2 aromatic carbocycles. The maximum atomic E-state index is 13.4. The van der Waals surface area contributed by atoms with Gasteiger partial charge in [-0.15, -0.1) is 0 Å². The third-order valence-electron chi connectivity index (χ3n) is 6.29. The molecule has 5 rings (SSSR count). The van der Waals surface area contributed by atoms with Gasteiger partial charge in [-0.25, -0.2) is 4.79 Å². The third kappa shape index (κ3) is 4.66. The van der Waals surface area contributed by atoms with Crippen LogP contribution in [0.5, 0.6) is 0 Å². The Labute approximate surface area is 203 Å². The zero-order valence-corrected chi connectivity index (χ0v) is 18.9. The summed E-state index contributed by atoms with van der Waals surface area (Å²) >= 11 is 0. The van der Waals surface area contributed by atoms with Crippen molar-refractivity contribution in [3.8, 4) is 11.3 Å². The zero-order chi connectivity index (χ0) is 25.4. The second-order valence-electron chi connectivity index (χ2n) is 8.72. The molecule has 2 atom stereocenters. The summed E-state index contributed by atoms with van der Waals surface area (Å²) in [5.74, 6) is -0.387. The number of hydrogen-bond donors (Lipinski definition) is 2. The molecule has 188 valence electrons. The number of amides is 1. The van der Waals surface area contributed by atoms with Crippen LogP contribution >= 0.6 is 0 Å². The van der Waals surface area contributed by atoms with Crippen LogP contribution in [-0.2, 0) is 20.4 Å². The molecule has 3 heterocycles. The quantitative estimate of drug-likeness (QED) is 0.516. The van der Waals surface area contributed by atoms with Crippen molar-refractivity contribution in [2.75, 3.05) is 24.6 Å². The summed E-state index contributed by atoms with van der Waals surface area (Å²) in [5.41, 5.74) is -1.17. The highest BCUT2D eigenvalue weighted by molar-refractivity contribution is 5.95. The third-order valence-corrected chi connectivity index (χ3v) is 6.29. The normalized spacial score (nSPS) is 20.1. The number of carbonyl (C=O) groups excluding carboxylic acids is 2. The molecule has 0 spiro atoms. The fourth-order valence-electron chi connectivity index (χ4n) is 4.51. The topological polar surface area (TPSA) is 101 Å². The number of ether oxygens (including phenoxy) is 2. The summed E-state index contributed by atoms with van der Waals surface area (Å²) < 4.78 is 50.9. The van der Waals surface area contributed by atoms with E-state index in [4.69, 9.17) is 9.47 Å². The molecule has 0 saturated carbocycles. The molecule has 2 N–H and O–H groups in total. The molecule has 1 amide bonds. The van der Waals surface area contributed by atoms with Crippen LogP contribution < -0.4 is 15.8 Å². The van der Waals surface area contributed by atoms with Gasteiger partial charge in [0.15, 0.2) is 6.10 Å². The molecule has 2 fully saturated rings. The van der Waals surface area contributed by atoms with Crippen LogP contribution in [0, 0.1) is 0 Å². The van der Waals surface area contributed by atoms with Gasteiger partial charge < -0.3 is 19.8 Å². The molecule has 8 nitrogen and oxygen atoms in total. The molecule has 0 bridgehead atoms. The first-order chi connectivity index (χ1) is 17.2. The van der Waals surface area contributed by atoms with Crippen LogP contribution in [0.1, 0.15) is 18.4 Å². The Kier molecular flexibility index (Phi) is 6.17. The molecule has 3 aromatic rings. The molecule has 0 radical (unpaired) electrons. The lowest BCUT2D eigenvalue weighted by atomic mass is 10.0. The molecule has 0 aliphatic carbocycles. The summed E-state index contributed by atoms with van der Waals surface area (Å²) in [7, 11) is 0. The van der Waals surface area contributed by atoms with Crippen molar-refractivity contribution in [3.63, 3.8) is 0 Å². The molecule has 1 aromatic heterocycles. The van der Waals surface area contributed by atoms with Crippen molar-refractivity contribution >= 4 is 28.5 Å². The number of rotatable bonds is 5. The lowest BCUT2D eigenvalue weighted by molar-refractivity contribution is -0.148. The first-order valence-corrected chi connectivity index (χ1v) is 11.4. The number of pyridine rings is 1. The van der Waals surface area contributed by atoms with E-state index in [-0.39, 0.29) is 41.8 Å². The minimum atomic E-state index is -4.58. The van der Waals surface area contributed by atoms with Gasteiger partial charge in [0, 0.05) is 22.3 Å². The fraction of sp³-hybridized carbons (Fsp3) is 0.320. The van der Waals surface area contributed by atoms with Gasteiger partial charge >= 0.3 is 18.2 Å². The van der Waals surface area contributed by atoms with E-state index in [9.17, 15) is 27.6 Å². The SMILES string of the molecule is O=C(OC[C@H]1CN(c2ccc3cc(-c4ccccc4C(F)(F)F)[nH]c(=O)c3c2)C(=O)O1)[C@@H]1CCCN1. The van der Waals surface area contributed by atoms with Gasteiger partial charge in [0.05, 0.1) is 12.1 Å². The number of anilines is 1. The number of halogens is 3. The molecule has 2 aliphatic rings. The molecule has 11 heteroatoms. The van der Waals surface area contributed by atoms with E-state index in [0.717, 1.165) is 19.0 Å². The number of carbonyl (C=O) groups is 2. The number of alkyl halides is 3. The minimum absolute atomic E-state index is 0.0346. The van der Waals surface area contributed by atoms with Crippen LogP contribution in [0.4, 0.5) is 23.7 Å². The highest BCUT2D eigenvalue weighted by Gasteiger charge is 2.35. The van der Waals surface area contributed by atoms with Crippen LogP contribution in [0.2, 0.25) is 0 Å². The van der Waals surface area contributed by atoms with E-state index < -0.39 is 29.5 Å². The van der Waals surface area contributed by atoms with E-state index in [2.05, 4.69) is 10.3 Å². The average Bonchev–Trinajstić information content (AvgIpc) is 3.52. The van der Waals surface area contributed by atoms with Gasteiger partial charge in [-0.2, -0.15) is 13.2 Å². The van der Waals surface area contributed by atoms with E-state index in [1.165, 1.54) is 35.2 Å². The monoisotopic (exact) mass is 501 g/mol. The summed E-state index contributed by atoms with van der Waals surface area (Å²) in [6.45, 7) is 0.781. The van der Waals surface area contributed by atoms with Crippen molar-refractivity contribution in [1.82, 2.24) is 10.3 Å². The van der Waals surface area contributed by atoms with Crippen LogP contribution in [0.3, 0.4) is 0 Å². The summed E-state index contributed by atoms with van der Waals surface area (Å²) in [4.78, 5) is 41.2. The number of nitrogens with zero attached hydrogens (tertiary/aromatic N) is 1. The second kappa shape index (κ2) is 9.30. The maximum absolute atomic E-state index is 13.4. The second-order valence-corrected chi connectivity index (χ2v) is 8.72. The molecular formula is C25H22F3N3O5. The Hall–Kier alpha value is -3.86. The maximum Gasteiger partial charge on any atom is 0.417 e. The van der Waals surface area contributed by atoms with Gasteiger partial charge in [0.25, 0.3) is 5.56 Å². The number of esters is 1. The van der Waals surface area contributed by atoms with Crippen LogP contribution in [-0.4, -0.2) is 48.9 Å². The number of cyclic esters (lactones) is 1.